The van der Waals surface area contributed by atoms with Crippen LogP contribution < -0.4 is 10.5 Å². The number of pyridine rings is 1. The summed E-state index contributed by atoms with van der Waals surface area (Å²) in [6.07, 6.45) is 1.61. The van der Waals surface area contributed by atoms with Gasteiger partial charge in [0.15, 0.2) is 5.75 Å². The molecule has 2 aromatic rings. The molecule has 1 aromatic carbocycles. The largest absolute Gasteiger partial charge is 0.435 e. The van der Waals surface area contributed by atoms with Crippen LogP contribution in [0, 0.1) is 25.2 Å². The lowest BCUT2D eigenvalue weighted by molar-refractivity contribution is 0.462. The summed E-state index contributed by atoms with van der Waals surface area (Å²) in [5.74, 6) is 0.805. The molecule has 0 unspecified atom stereocenters. The zero-order valence-electron chi connectivity index (χ0n) is 10.3. The van der Waals surface area contributed by atoms with Crippen LogP contribution in [-0.4, -0.2) is 4.98 Å². The van der Waals surface area contributed by atoms with Gasteiger partial charge in [-0.25, -0.2) is 4.98 Å². The van der Waals surface area contributed by atoms with E-state index in [2.05, 4.69) is 11.1 Å². The van der Waals surface area contributed by atoms with E-state index in [1.54, 1.807) is 18.3 Å². The molecule has 18 heavy (non-hydrogen) atoms. The van der Waals surface area contributed by atoms with Gasteiger partial charge in [0.2, 0.25) is 5.88 Å². The number of benzene rings is 1. The summed E-state index contributed by atoms with van der Waals surface area (Å²) in [6, 6.07) is 9.35. The Morgan fingerprint density at radius 1 is 1.28 bits per heavy atom. The topological polar surface area (TPSA) is 71.9 Å². The second kappa shape index (κ2) is 4.76. The van der Waals surface area contributed by atoms with Crippen molar-refractivity contribution >= 4 is 5.69 Å². The molecule has 0 radical (unpaired) electrons. The van der Waals surface area contributed by atoms with Crippen LogP contribution in [0.5, 0.6) is 11.6 Å². The molecule has 1 aromatic heterocycles. The molecule has 90 valence electrons. The maximum absolute atomic E-state index is 9.10. The number of hydrogen-bond donors (Lipinski definition) is 1. The molecule has 0 aliphatic rings. The molecule has 0 amide bonds. The van der Waals surface area contributed by atoms with E-state index in [-0.39, 0.29) is 5.88 Å². The third kappa shape index (κ3) is 2.25. The van der Waals surface area contributed by atoms with Crippen LogP contribution >= 0.6 is 0 Å². The molecule has 2 N–H and O–H groups in total. The number of hydrogen-bond acceptors (Lipinski definition) is 4. The lowest BCUT2D eigenvalue weighted by Crippen LogP contribution is -1.97. The number of aryl methyl sites for hydroxylation is 2. The molecule has 0 fully saturated rings. The molecule has 0 saturated heterocycles. The molecule has 0 aliphatic heterocycles. The van der Waals surface area contributed by atoms with Crippen molar-refractivity contribution in [1.82, 2.24) is 4.98 Å². The first-order valence-electron chi connectivity index (χ1n) is 5.51. The van der Waals surface area contributed by atoms with Gasteiger partial charge in [-0.3, -0.25) is 0 Å². The summed E-state index contributed by atoms with van der Waals surface area (Å²) in [5, 5.41) is 9.10. The highest BCUT2D eigenvalue weighted by Gasteiger charge is 2.10. The van der Waals surface area contributed by atoms with Crippen LogP contribution in [0.25, 0.3) is 0 Å². The van der Waals surface area contributed by atoms with Gasteiger partial charge in [-0.2, -0.15) is 5.26 Å². The van der Waals surface area contributed by atoms with E-state index in [1.165, 1.54) is 0 Å². The fraction of sp³-hybridized carbons (Fsp3) is 0.143. The summed E-state index contributed by atoms with van der Waals surface area (Å²) in [6.45, 7) is 3.79. The number of rotatable bonds is 2. The van der Waals surface area contributed by atoms with Crippen molar-refractivity contribution in [2.45, 2.75) is 13.8 Å². The van der Waals surface area contributed by atoms with Crippen molar-refractivity contribution in [2.75, 3.05) is 5.73 Å². The fourth-order valence-electron chi connectivity index (χ4n) is 1.58. The first-order chi connectivity index (χ1) is 8.61. The molecule has 0 bridgehead atoms. The Labute approximate surface area is 106 Å². The third-order valence-electron chi connectivity index (χ3n) is 2.61. The Balaban J connectivity index is 2.44. The van der Waals surface area contributed by atoms with Crippen LogP contribution in [0.15, 0.2) is 30.5 Å². The van der Waals surface area contributed by atoms with Crippen molar-refractivity contribution in [3.8, 4) is 17.7 Å². The molecular weight excluding hydrogens is 226 g/mol. The quantitative estimate of drug-likeness (QED) is 0.818. The van der Waals surface area contributed by atoms with E-state index in [4.69, 9.17) is 15.7 Å². The highest BCUT2D eigenvalue weighted by molar-refractivity contribution is 5.56. The Morgan fingerprint density at radius 3 is 2.78 bits per heavy atom. The fourth-order valence-corrected chi connectivity index (χ4v) is 1.58. The second-order valence-electron chi connectivity index (χ2n) is 4.06. The number of ether oxygens (including phenoxy) is 1. The second-order valence-corrected chi connectivity index (χ2v) is 4.06. The van der Waals surface area contributed by atoms with Gasteiger partial charge in [0, 0.05) is 6.20 Å². The minimum absolute atomic E-state index is 0.287. The number of nitrogens with two attached hydrogens (primary N) is 1. The molecule has 2 rings (SSSR count). The van der Waals surface area contributed by atoms with Crippen molar-refractivity contribution < 1.29 is 4.74 Å². The van der Waals surface area contributed by atoms with Crippen molar-refractivity contribution in [3.63, 3.8) is 0 Å². The molecule has 4 nitrogen and oxygen atoms in total. The number of nitriles is 1. The highest BCUT2D eigenvalue weighted by atomic mass is 16.5. The summed E-state index contributed by atoms with van der Waals surface area (Å²) in [5.41, 5.74) is 8.64. The third-order valence-corrected chi connectivity index (χ3v) is 2.61. The van der Waals surface area contributed by atoms with Crippen molar-refractivity contribution in [2.24, 2.45) is 0 Å². The van der Waals surface area contributed by atoms with E-state index in [0.717, 1.165) is 11.1 Å². The van der Waals surface area contributed by atoms with Gasteiger partial charge in [0.25, 0.3) is 0 Å². The van der Waals surface area contributed by atoms with Gasteiger partial charge in [0.05, 0.1) is 5.69 Å². The summed E-state index contributed by atoms with van der Waals surface area (Å²) < 4.78 is 5.63. The maximum atomic E-state index is 9.10. The molecule has 0 atom stereocenters. The Bertz CT molecular complexity index is 629. The number of nitrogens with zero attached hydrogens (tertiary/aromatic N) is 2. The lowest BCUT2D eigenvalue weighted by atomic mass is 10.1. The minimum Gasteiger partial charge on any atom is -0.435 e. The standard InChI is InChI=1S/C14H13N3O/c1-9-3-4-12(16)13(7-9)18-14-11(8-15)10(2)5-6-17-14/h3-7H,16H2,1-2H3. The van der Waals surface area contributed by atoms with Crippen LogP contribution in [0.2, 0.25) is 0 Å². The van der Waals surface area contributed by atoms with Gasteiger partial charge < -0.3 is 10.5 Å². The molecular formula is C14H13N3O. The van der Waals surface area contributed by atoms with Crippen LogP contribution in [-0.2, 0) is 0 Å². The number of anilines is 1. The zero-order valence-corrected chi connectivity index (χ0v) is 10.3. The number of aromatic nitrogens is 1. The van der Waals surface area contributed by atoms with E-state index in [0.29, 0.717) is 17.0 Å². The van der Waals surface area contributed by atoms with Gasteiger partial charge in [0.1, 0.15) is 11.6 Å². The molecule has 0 saturated carbocycles. The van der Waals surface area contributed by atoms with Crippen molar-refractivity contribution in [1.29, 1.82) is 5.26 Å². The summed E-state index contributed by atoms with van der Waals surface area (Å²) >= 11 is 0. The smallest absolute Gasteiger partial charge is 0.237 e. The first kappa shape index (κ1) is 11.9. The van der Waals surface area contributed by atoms with E-state index in [1.807, 2.05) is 26.0 Å². The minimum atomic E-state index is 0.287. The number of nitrogen functional groups attached to an aromatic ring is 1. The zero-order chi connectivity index (χ0) is 13.1. The average molecular weight is 239 g/mol. The summed E-state index contributed by atoms with van der Waals surface area (Å²) in [7, 11) is 0. The van der Waals surface area contributed by atoms with Crippen LogP contribution in [0.3, 0.4) is 0 Å². The SMILES string of the molecule is Cc1ccc(N)c(Oc2nccc(C)c2C#N)c1. The van der Waals surface area contributed by atoms with E-state index < -0.39 is 0 Å². The van der Waals surface area contributed by atoms with Gasteiger partial charge >= 0.3 is 0 Å². The molecule has 1 heterocycles. The average Bonchev–Trinajstić information content (AvgIpc) is 2.34. The van der Waals surface area contributed by atoms with Crippen LogP contribution in [0.4, 0.5) is 5.69 Å². The molecule has 0 aliphatic carbocycles. The molecule has 4 heteroatoms. The van der Waals surface area contributed by atoms with Gasteiger partial charge in [-0.05, 0) is 43.2 Å². The maximum Gasteiger partial charge on any atom is 0.237 e. The van der Waals surface area contributed by atoms with Crippen molar-refractivity contribution in [3.05, 3.63) is 47.2 Å². The Kier molecular flexibility index (Phi) is 3.16. The molecule has 0 spiro atoms. The highest BCUT2D eigenvalue weighted by Crippen LogP contribution is 2.29. The van der Waals surface area contributed by atoms with Crippen LogP contribution in [0.1, 0.15) is 16.7 Å². The van der Waals surface area contributed by atoms with E-state index in [9.17, 15) is 0 Å². The monoisotopic (exact) mass is 239 g/mol. The van der Waals surface area contributed by atoms with Gasteiger partial charge in [-0.15, -0.1) is 0 Å². The normalized spacial score (nSPS) is 9.83. The predicted octanol–water partition coefficient (Wildman–Crippen LogP) is 2.94. The lowest BCUT2D eigenvalue weighted by Gasteiger charge is -2.10. The summed E-state index contributed by atoms with van der Waals surface area (Å²) in [4.78, 5) is 4.08. The first-order valence-corrected chi connectivity index (χ1v) is 5.51. The van der Waals surface area contributed by atoms with E-state index >= 15 is 0 Å². The predicted molar refractivity (Wildman–Crippen MR) is 69.4 cm³/mol. The Hall–Kier alpha value is -2.54. The Morgan fingerprint density at radius 2 is 2.06 bits per heavy atom. The van der Waals surface area contributed by atoms with Gasteiger partial charge in [-0.1, -0.05) is 6.07 Å².